The van der Waals surface area contributed by atoms with Crippen molar-refractivity contribution in [2.45, 2.75) is 6.61 Å². The van der Waals surface area contributed by atoms with Gasteiger partial charge >= 0.3 is 5.63 Å². The quantitative estimate of drug-likeness (QED) is 0.535. The van der Waals surface area contributed by atoms with Gasteiger partial charge in [0.1, 0.15) is 23.5 Å². The molecular formula is C22H16N2O4. The number of carbonyl (C=O) groups is 1. The Morgan fingerprint density at radius 3 is 2.79 bits per heavy atom. The van der Waals surface area contributed by atoms with Crippen molar-refractivity contribution in [3.05, 3.63) is 101 Å². The van der Waals surface area contributed by atoms with Gasteiger partial charge in [-0.25, -0.2) is 4.79 Å². The summed E-state index contributed by atoms with van der Waals surface area (Å²) in [6.45, 7) is 0.361. The zero-order chi connectivity index (χ0) is 19.3. The number of ether oxygens (including phenoxy) is 1. The summed E-state index contributed by atoms with van der Waals surface area (Å²) < 4.78 is 10.9. The molecule has 0 unspecified atom stereocenters. The van der Waals surface area contributed by atoms with Crippen LogP contribution >= 0.6 is 0 Å². The highest BCUT2D eigenvalue weighted by molar-refractivity contribution is 6.05. The summed E-state index contributed by atoms with van der Waals surface area (Å²) in [7, 11) is 0. The Balaban J connectivity index is 1.50. The van der Waals surface area contributed by atoms with E-state index in [1.165, 1.54) is 6.07 Å². The number of amides is 1. The van der Waals surface area contributed by atoms with E-state index in [9.17, 15) is 9.59 Å². The highest BCUT2D eigenvalue weighted by atomic mass is 16.5. The Labute approximate surface area is 160 Å². The normalized spacial score (nSPS) is 10.6. The molecule has 0 atom stereocenters. The maximum Gasteiger partial charge on any atom is 0.349 e. The van der Waals surface area contributed by atoms with Gasteiger partial charge in [0.05, 0.1) is 0 Å². The third kappa shape index (κ3) is 3.91. The van der Waals surface area contributed by atoms with Crippen LogP contribution in [0.5, 0.6) is 5.75 Å². The van der Waals surface area contributed by atoms with Gasteiger partial charge in [0, 0.05) is 35.1 Å². The van der Waals surface area contributed by atoms with Crippen molar-refractivity contribution in [2.24, 2.45) is 0 Å². The van der Waals surface area contributed by atoms with Crippen molar-refractivity contribution in [3.63, 3.8) is 0 Å². The fourth-order valence-electron chi connectivity index (χ4n) is 2.73. The van der Waals surface area contributed by atoms with E-state index >= 15 is 0 Å². The van der Waals surface area contributed by atoms with Crippen LogP contribution in [0.15, 0.2) is 88.3 Å². The lowest BCUT2D eigenvalue weighted by atomic mass is 10.1. The minimum Gasteiger partial charge on any atom is -0.489 e. The van der Waals surface area contributed by atoms with Crippen LogP contribution in [-0.2, 0) is 6.61 Å². The number of carbonyl (C=O) groups excluding carboxylic acids is 1. The summed E-state index contributed by atoms with van der Waals surface area (Å²) in [5.74, 6) is 0.0520. The molecule has 0 spiro atoms. The van der Waals surface area contributed by atoms with Crippen LogP contribution in [-0.4, -0.2) is 10.9 Å². The van der Waals surface area contributed by atoms with E-state index < -0.39 is 11.5 Å². The Morgan fingerprint density at radius 1 is 1.04 bits per heavy atom. The Hall–Kier alpha value is -3.93. The predicted molar refractivity (Wildman–Crippen MR) is 105 cm³/mol. The van der Waals surface area contributed by atoms with Gasteiger partial charge in [-0.05, 0) is 30.3 Å². The van der Waals surface area contributed by atoms with E-state index in [0.717, 1.165) is 5.56 Å². The fourth-order valence-corrected chi connectivity index (χ4v) is 2.73. The molecule has 0 fully saturated rings. The summed E-state index contributed by atoms with van der Waals surface area (Å²) in [5.41, 5.74) is 1.15. The number of nitrogens with zero attached hydrogens (tertiary/aromatic N) is 1. The monoisotopic (exact) mass is 372 g/mol. The van der Waals surface area contributed by atoms with Gasteiger partial charge in [-0.15, -0.1) is 0 Å². The second-order valence-corrected chi connectivity index (χ2v) is 6.12. The van der Waals surface area contributed by atoms with Gasteiger partial charge in [-0.1, -0.05) is 30.3 Å². The molecule has 28 heavy (non-hydrogen) atoms. The lowest BCUT2D eigenvalue weighted by Gasteiger charge is -2.09. The summed E-state index contributed by atoms with van der Waals surface area (Å²) in [5, 5.41) is 3.39. The molecule has 0 radical (unpaired) electrons. The lowest BCUT2D eigenvalue weighted by molar-refractivity contribution is 0.102. The van der Waals surface area contributed by atoms with Crippen molar-refractivity contribution >= 4 is 22.6 Å². The van der Waals surface area contributed by atoms with Gasteiger partial charge < -0.3 is 14.5 Å². The van der Waals surface area contributed by atoms with Crippen LogP contribution in [0.25, 0.3) is 11.0 Å². The zero-order valence-electron chi connectivity index (χ0n) is 14.8. The van der Waals surface area contributed by atoms with E-state index in [4.69, 9.17) is 9.15 Å². The number of nitrogens with one attached hydrogen (secondary N) is 1. The molecule has 0 aliphatic carbocycles. The molecule has 0 saturated carbocycles. The van der Waals surface area contributed by atoms with Crippen LogP contribution in [0.3, 0.4) is 0 Å². The Kier molecular flexibility index (Phi) is 4.84. The molecule has 1 N–H and O–H groups in total. The van der Waals surface area contributed by atoms with E-state index in [1.54, 1.807) is 54.9 Å². The van der Waals surface area contributed by atoms with Gasteiger partial charge in [0.2, 0.25) is 0 Å². The first-order valence-electron chi connectivity index (χ1n) is 8.65. The third-order valence-corrected chi connectivity index (χ3v) is 4.11. The molecule has 4 aromatic rings. The smallest absolute Gasteiger partial charge is 0.349 e. The number of benzene rings is 2. The topological polar surface area (TPSA) is 81.4 Å². The maximum absolute atomic E-state index is 12.5. The highest BCUT2D eigenvalue weighted by Crippen LogP contribution is 2.20. The molecule has 2 aromatic carbocycles. The van der Waals surface area contributed by atoms with Crippen molar-refractivity contribution in [3.8, 4) is 5.75 Å². The van der Waals surface area contributed by atoms with Gasteiger partial charge in [-0.2, -0.15) is 0 Å². The van der Waals surface area contributed by atoms with Crippen LogP contribution in [0, 0.1) is 0 Å². The lowest BCUT2D eigenvalue weighted by Crippen LogP contribution is -2.20. The summed E-state index contributed by atoms with van der Waals surface area (Å²) in [4.78, 5) is 28.7. The van der Waals surface area contributed by atoms with Crippen molar-refractivity contribution < 1.29 is 13.9 Å². The first-order valence-corrected chi connectivity index (χ1v) is 8.65. The number of rotatable bonds is 5. The second kappa shape index (κ2) is 7.75. The number of hydrogen-bond acceptors (Lipinski definition) is 5. The number of anilines is 1. The van der Waals surface area contributed by atoms with E-state index in [2.05, 4.69) is 10.3 Å². The molecule has 2 heterocycles. The zero-order valence-corrected chi connectivity index (χ0v) is 14.8. The van der Waals surface area contributed by atoms with E-state index in [0.29, 0.717) is 29.0 Å². The van der Waals surface area contributed by atoms with Crippen molar-refractivity contribution in [1.82, 2.24) is 4.98 Å². The molecular weight excluding hydrogens is 356 g/mol. The van der Waals surface area contributed by atoms with Crippen LogP contribution in [0.4, 0.5) is 5.69 Å². The maximum atomic E-state index is 12.5. The van der Waals surface area contributed by atoms with Crippen LogP contribution in [0.2, 0.25) is 0 Å². The van der Waals surface area contributed by atoms with E-state index in [-0.39, 0.29) is 5.56 Å². The Bertz CT molecular complexity index is 1190. The summed E-state index contributed by atoms with van der Waals surface area (Å²) in [6, 6.07) is 19.3. The largest absolute Gasteiger partial charge is 0.489 e. The first-order chi connectivity index (χ1) is 13.7. The number of aromatic nitrogens is 1. The number of hydrogen-bond donors (Lipinski definition) is 1. The molecule has 0 bridgehead atoms. The van der Waals surface area contributed by atoms with Gasteiger partial charge in [0.25, 0.3) is 5.91 Å². The minimum absolute atomic E-state index is 0.0552. The number of para-hydroxylation sites is 1. The molecule has 2 aromatic heterocycles. The average molecular weight is 372 g/mol. The summed E-state index contributed by atoms with van der Waals surface area (Å²) in [6.07, 6.45) is 3.42. The fraction of sp³-hybridized carbons (Fsp3) is 0.0455. The standard InChI is InChI=1S/C22H16N2O4/c25-21(19-11-16-6-1-2-9-20(16)28-22(19)26)24-17-7-3-8-18(12-17)27-14-15-5-4-10-23-13-15/h1-13H,14H2,(H,24,25). The Morgan fingerprint density at radius 2 is 1.93 bits per heavy atom. The van der Waals surface area contributed by atoms with Gasteiger partial charge in [-0.3, -0.25) is 9.78 Å². The predicted octanol–water partition coefficient (Wildman–Crippen LogP) is 4.02. The average Bonchev–Trinajstić information content (AvgIpc) is 2.73. The van der Waals surface area contributed by atoms with Crippen molar-refractivity contribution in [1.29, 1.82) is 0 Å². The highest BCUT2D eigenvalue weighted by Gasteiger charge is 2.14. The van der Waals surface area contributed by atoms with Crippen LogP contribution < -0.4 is 15.7 Å². The molecule has 6 heteroatoms. The second-order valence-electron chi connectivity index (χ2n) is 6.12. The number of fused-ring (bicyclic) bond motifs is 1. The molecule has 6 nitrogen and oxygen atoms in total. The minimum atomic E-state index is -0.680. The van der Waals surface area contributed by atoms with Gasteiger partial charge in [0.15, 0.2) is 0 Å². The van der Waals surface area contributed by atoms with Crippen molar-refractivity contribution in [2.75, 3.05) is 5.32 Å². The molecule has 0 aliphatic heterocycles. The first kappa shape index (κ1) is 17.5. The summed E-state index contributed by atoms with van der Waals surface area (Å²) >= 11 is 0. The SMILES string of the molecule is O=C(Nc1cccc(OCc2cccnc2)c1)c1cc2ccccc2oc1=O. The molecule has 0 aliphatic rings. The third-order valence-electron chi connectivity index (χ3n) is 4.11. The van der Waals surface area contributed by atoms with E-state index in [1.807, 2.05) is 18.2 Å². The molecule has 138 valence electrons. The molecule has 1 amide bonds. The molecule has 0 saturated heterocycles. The molecule has 4 rings (SSSR count). The number of pyridine rings is 1. The van der Waals surface area contributed by atoms with Crippen LogP contribution in [0.1, 0.15) is 15.9 Å².